The molecule has 6 heteroatoms. The first-order chi connectivity index (χ1) is 13.6. The Bertz CT molecular complexity index is 971. The number of piperazine rings is 1. The van der Waals surface area contributed by atoms with Crippen molar-refractivity contribution in [3.63, 3.8) is 0 Å². The molecular weight excluding hydrogens is 357 g/mol. The lowest BCUT2D eigenvalue weighted by atomic mass is 10.0. The molecule has 0 radical (unpaired) electrons. The lowest BCUT2D eigenvalue weighted by molar-refractivity contribution is -0.133. The number of amides is 1. The quantitative estimate of drug-likeness (QED) is 0.754. The maximum absolute atomic E-state index is 13.7. The molecule has 1 unspecified atom stereocenters. The van der Waals surface area contributed by atoms with Gasteiger partial charge in [0.2, 0.25) is 11.8 Å². The van der Waals surface area contributed by atoms with E-state index in [-0.39, 0.29) is 24.2 Å². The molecule has 1 amide bonds. The fraction of sp³-hybridized carbons (Fsp3) is 0.273. The van der Waals surface area contributed by atoms with Crippen molar-refractivity contribution >= 4 is 5.91 Å². The molecule has 5 nitrogen and oxygen atoms in total. The van der Waals surface area contributed by atoms with Gasteiger partial charge in [0.1, 0.15) is 11.6 Å². The number of nitrogens with zero attached hydrogens (tertiary/aromatic N) is 2. The summed E-state index contributed by atoms with van der Waals surface area (Å²) in [4.78, 5) is 19.4. The van der Waals surface area contributed by atoms with Crippen LogP contribution in [0.25, 0.3) is 11.5 Å². The number of halogens is 1. The molecule has 0 aliphatic carbocycles. The van der Waals surface area contributed by atoms with Gasteiger partial charge in [-0.05, 0) is 36.8 Å². The second-order valence-corrected chi connectivity index (χ2v) is 6.93. The number of benzene rings is 2. The van der Waals surface area contributed by atoms with Crippen molar-refractivity contribution in [1.29, 1.82) is 0 Å². The molecular formula is C22H22FN3O2. The Kier molecular flexibility index (Phi) is 5.21. The third-order valence-corrected chi connectivity index (χ3v) is 5.03. The normalized spacial score (nSPS) is 16.9. The van der Waals surface area contributed by atoms with E-state index in [1.807, 2.05) is 48.2 Å². The maximum Gasteiger partial charge on any atom is 0.229 e. The number of carbonyl (C=O) groups is 1. The number of aryl methyl sites for hydroxylation is 1. The van der Waals surface area contributed by atoms with Gasteiger partial charge < -0.3 is 14.6 Å². The minimum Gasteiger partial charge on any atom is -0.441 e. The fourth-order valence-corrected chi connectivity index (χ4v) is 3.56. The zero-order valence-corrected chi connectivity index (χ0v) is 15.7. The van der Waals surface area contributed by atoms with Crippen LogP contribution in [0.5, 0.6) is 0 Å². The van der Waals surface area contributed by atoms with Crippen molar-refractivity contribution < 1.29 is 13.6 Å². The van der Waals surface area contributed by atoms with Crippen LogP contribution in [0.2, 0.25) is 0 Å². The molecule has 4 rings (SSSR count). The fourth-order valence-electron chi connectivity index (χ4n) is 3.56. The summed E-state index contributed by atoms with van der Waals surface area (Å²) in [6.07, 6.45) is 0.161. The lowest BCUT2D eigenvalue weighted by Crippen LogP contribution is -2.49. The molecule has 1 saturated heterocycles. The second-order valence-electron chi connectivity index (χ2n) is 6.93. The first-order valence-electron chi connectivity index (χ1n) is 9.39. The Morgan fingerprint density at radius 3 is 2.86 bits per heavy atom. The Hall–Kier alpha value is -2.99. The molecule has 2 aromatic carbocycles. The molecule has 1 aliphatic heterocycles. The van der Waals surface area contributed by atoms with Crippen LogP contribution in [-0.2, 0) is 11.2 Å². The SMILES string of the molecule is Cc1oc(-c2ccccc2)nc1CC(=O)N1CCNCC1c1cccc(F)c1. The predicted octanol–water partition coefficient (Wildman–Crippen LogP) is 3.50. The second kappa shape index (κ2) is 7.94. The molecule has 3 aromatic rings. The average Bonchev–Trinajstić information content (AvgIpc) is 3.09. The first kappa shape index (κ1) is 18.4. The van der Waals surface area contributed by atoms with Crippen LogP contribution in [-0.4, -0.2) is 35.4 Å². The molecule has 0 saturated carbocycles. The van der Waals surface area contributed by atoms with Crippen LogP contribution in [0.3, 0.4) is 0 Å². The van der Waals surface area contributed by atoms with Gasteiger partial charge in [-0.2, -0.15) is 0 Å². The summed E-state index contributed by atoms with van der Waals surface area (Å²) in [5, 5.41) is 3.29. The topological polar surface area (TPSA) is 58.4 Å². The number of hydrogen-bond acceptors (Lipinski definition) is 4. The van der Waals surface area contributed by atoms with Crippen molar-refractivity contribution in [2.24, 2.45) is 0 Å². The van der Waals surface area contributed by atoms with E-state index < -0.39 is 0 Å². The zero-order chi connectivity index (χ0) is 19.5. The number of aromatic nitrogens is 1. The van der Waals surface area contributed by atoms with Crippen LogP contribution >= 0.6 is 0 Å². The van der Waals surface area contributed by atoms with E-state index in [2.05, 4.69) is 10.3 Å². The van der Waals surface area contributed by atoms with E-state index in [0.717, 1.165) is 11.1 Å². The van der Waals surface area contributed by atoms with Crippen LogP contribution in [0.15, 0.2) is 59.0 Å². The Morgan fingerprint density at radius 1 is 1.25 bits per heavy atom. The third kappa shape index (κ3) is 3.82. The maximum atomic E-state index is 13.7. The Morgan fingerprint density at radius 2 is 2.07 bits per heavy atom. The molecule has 1 aromatic heterocycles. The van der Waals surface area contributed by atoms with E-state index in [1.54, 1.807) is 6.07 Å². The highest BCUT2D eigenvalue weighted by Gasteiger charge is 2.29. The summed E-state index contributed by atoms with van der Waals surface area (Å²) in [6, 6.07) is 15.9. The number of nitrogens with one attached hydrogen (secondary N) is 1. The summed E-state index contributed by atoms with van der Waals surface area (Å²) >= 11 is 0. The lowest BCUT2D eigenvalue weighted by Gasteiger charge is -2.36. The third-order valence-electron chi connectivity index (χ3n) is 5.03. The highest BCUT2D eigenvalue weighted by atomic mass is 19.1. The monoisotopic (exact) mass is 379 g/mol. The van der Waals surface area contributed by atoms with Gasteiger partial charge in [-0.15, -0.1) is 0 Å². The Labute approximate surface area is 163 Å². The van der Waals surface area contributed by atoms with Crippen molar-refractivity contribution in [3.8, 4) is 11.5 Å². The first-order valence-corrected chi connectivity index (χ1v) is 9.39. The molecule has 28 heavy (non-hydrogen) atoms. The van der Waals surface area contributed by atoms with Crippen molar-refractivity contribution in [1.82, 2.24) is 15.2 Å². The van der Waals surface area contributed by atoms with Gasteiger partial charge in [0.05, 0.1) is 18.2 Å². The zero-order valence-electron chi connectivity index (χ0n) is 15.7. The van der Waals surface area contributed by atoms with Gasteiger partial charge in [0, 0.05) is 25.2 Å². The van der Waals surface area contributed by atoms with Crippen molar-refractivity contribution in [2.45, 2.75) is 19.4 Å². The largest absolute Gasteiger partial charge is 0.441 e. The summed E-state index contributed by atoms with van der Waals surface area (Å²) in [7, 11) is 0. The van der Waals surface area contributed by atoms with E-state index in [9.17, 15) is 9.18 Å². The minimum atomic E-state index is -0.296. The van der Waals surface area contributed by atoms with Gasteiger partial charge >= 0.3 is 0 Å². The van der Waals surface area contributed by atoms with E-state index in [1.165, 1.54) is 12.1 Å². The molecule has 144 valence electrons. The smallest absolute Gasteiger partial charge is 0.229 e. The summed E-state index contributed by atoms with van der Waals surface area (Å²) < 4.78 is 19.4. The van der Waals surface area contributed by atoms with E-state index in [0.29, 0.717) is 37.0 Å². The minimum absolute atomic E-state index is 0.0354. The summed E-state index contributed by atoms with van der Waals surface area (Å²) in [6.45, 7) is 3.71. The van der Waals surface area contributed by atoms with Crippen LogP contribution in [0.1, 0.15) is 23.1 Å². The predicted molar refractivity (Wildman–Crippen MR) is 104 cm³/mol. The van der Waals surface area contributed by atoms with Crippen molar-refractivity contribution in [2.75, 3.05) is 19.6 Å². The van der Waals surface area contributed by atoms with Gasteiger partial charge in [-0.25, -0.2) is 9.37 Å². The number of rotatable bonds is 4. The molecule has 1 aliphatic rings. The van der Waals surface area contributed by atoms with Crippen LogP contribution in [0.4, 0.5) is 4.39 Å². The molecule has 1 fully saturated rings. The Balaban J connectivity index is 1.54. The van der Waals surface area contributed by atoms with Gasteiger partial charge in [0.15, 0.2) is 0 Å². The number of oxazole rings is 1. The van der Waals surface area contributed by atoms with Gasteiger partial charge in [0.25, 0.3) is 0 Å². The average molecular weight is 379 g/mol. The highest BCUT2D eigenvalue weighted by Crippen LogP contribution is 2.26. The molecule has 0 spiro atoms. The number of hydrogen-bond donors (Lipinski definition) is 1. The van der Waals surface area contributed by atoms with E-state index in [4.69, 9.17) is 4.42 Å². The highest BCUT2D eigenvalue weighted by molar-refractivity contribution is 5.79. The number of carbonyl (C=O) groups excluding carboxylic acids is 1. The molecule has 1 N–H and O–H groups in total. The standard InChI is InChI=1S/C22H22FN3O2/c1-15-19(25-22(28-15)16-6-3-2-4-7-16)13-21(27)26-11-10-24-14-20(26)17-8-5-9-18(23)12-17/h2-9,12,20,24H,10-11,13-14H2,1H3. The van der Waals surface area contributed by atoms with E-state index >= 15 is 0 Å². The summed E-state index contributed by atoms with van der Waals surface area (Å²) in [5.74, 6) is 0.828. The van der Waals surface area contributed by atoms with Crippen molar-refractivity contribution in [3.05, 3.63) is 77.4 Å². The van der Waals surface area contributed by atoms with Gasteiger partial charge in [-0.3, -0.25) is 4.79 Å². The molecule has 1 atom stereocenters. The summed E-state index contributed by atoms with van der Waals surface area (Å²) in [5.41, 5.74) is 2.31. The molecule has 0 bridgehead atoms. The van der Waals surface area contributed by atoms with Crippen LogP contribution in [0, 0.1) is 12.7 Å². The van der Waals surface area contributed by atoms with Crippen LogP contribution < -0.4 is 5.32 Å². The van der Waals surface area contributed by atoms with Gasteiger partial charge in [-0.1, -0.05) is 30.3 Å². The molecule has 2 heterocycles.